The molecule has 2 aromatic rings. The molecule has 2 amide bonds. The number of methoxy groups -OCH3 is 1. The summed E-state index contributed by atoms with van der Waals surface area (Å²) in [6.07, 6.45) is 0.825. The molecule has 0 radical (unpaired) electrons. The smallest absolute Gasteiger partial charge is 0.244 e. The van der Waals surface area contributed by atoms with Gasteiger partial charge < -0.3 is 15.0 Å². The molecule has 2 aromatic carbocycles. The van der Waals surface area contributed by atoms with E-state index in [1.807, 2.05) is 31.2 Å². The van der Waals surface area contributed by atoms with E-state index in [0.717, 1.165) is 11.3 Å². The number of anilines is 1. The Morgan fingerprint density at radius 1 is 1.07 bits per heavy atom. The first kappa shape index (κ1) is 21.1. The van der Waals surface area contributed by atoms with Crippen LogP contribution in [0, 0.1) is 0 Å². The van der Waals surface area contributed by atoms with Gasteiger partial charge in [0.25, 0.3) is 0 Å². The number of para-hydroxylation sites is 2. The second kappa shape index (κ2) is 10.2. The van der Waals surface area contributed by atoms with Crippen LogP contribution in [0.5, 0.6) is 5.75 Å². The van der Waals surface area contributed by atoms with Gasteiger partial charge in [-0.3, -0.25) is 9.59 Å². The zero-order chi connectivity index (χ0) is 19.8. The van der Waals surface area contributed by atoms with Crippen LogP contribution >= 0.6 is 23.2 Å². The molecule has 0 aromatic heterocycles. The van der Waals surface area contributed by atoms with Crippen LogP contribution in [0.3, 0.4) is 0 Å². The van der Waals surface area contributed by atoms with E-state index in [0.29, 0.717) is 28.7 Å². The number of carbonyl (C=O) groups is 2. The highest BCUT2D eigenvalue weighted by atomic mass is 35.5. The largest absolute Gasteiger partial charge is 0.496 e. The Hall–Kier alpha value is -2.24. The summed E-state index contributed by atoms with van der Waals surface area (Å²) < 4.78 is 5.30. The van der Waals surface area contributed by atoms with Crippen LogP contribution in [0.25, 0.3) is 0 Å². The molecule has 0 unspecified atom stereocenters. The molecule has 0 atom stereocenters. The molecular formula is C20H22Cl2N2O3. The monoisotopic (exact) mass is 408 g/mol. The zero-order valence-corrected chi connectivity index (χ0v) is 16.8. The van der Waals surface area contributed by atoms with E-state index in [2.05, 4.69) is 5.32 Å². The van der Waals surface area contributed by atoms with Crippen molar-refractivity contribution in [2.75, 3.05) is 25.5 Å². The average Bonchev–Trinajstić information content (AvgIpc) is 2.67. The summed E-state index contributed by atoms with van der Waals surface area (Å²) in [7, 11) is 1.60. The van der Waals surface area contributed by atoms with E-state index in [9.17, 15) is 9.59 Å². The number of amides is 2. The number of carbonyl (C=O) groups excluding carboxylic acids is 2. The van der Waals surface area contributed by atoms with Crippen molar-refractivity contribution < 1.29 is 14.3 Å². The van der Waals surface area contributed by atoms with Gasteiger partial charge in [-0.1, -0.05) is 47.5 Å². The fourth-order valence-electron chi connectivity index (χ4n) is 2.66. The minimum atomic E-state index is -0.350. The van der Waals surface area contributed by atoms with Gasteiger partial charge >= 0.3 is 0 Å². The van der Waals surface area contributed by atoms with Crippen LogP contribution in [-0.2, 0) is 16.0 Å². The summed E-state index contributed by atoms with van der Waals surface area (Å²) in [4.78, 5) is 26.3. The fraction of sp³-hybridized carbons (Fsp3) is 0.300. The van der Waals surface area contributed by atoms with Crippen LogP contribution in [0.15, 0.2) is 42.5 Å². The summed E-state index contributed by atoms with van der Waals surface area (Å²) in [5.41, 5.74) is 1.31. The Morgan fingerprint density at radius 3 is 2.37 bits per heavy atom. The van der Waals surface area contributed by atoms with Gasteiger partial charge in [0.15, 0.2) is 0 Å². The summed E-state index contributed by atoms with van der Waals surface area (Å²) in [6, 6.07) is 12.5. The number of ether oxygens (including phenoxy) is 1. The fourth-order valence-corrected chi connectivity index (χ4v) is 3.15. The molecule has 0 spiro atoms. The molecule has 0 bridgehead atoms. The molecule has 0 saturated carbocycles. The van der Waals surface area contributed by atoms with E-state index in [1.165, 1.54) is 4.90 Å². The normalized spacial score (nSPS) is 10.4. The van der Waals surface area contributed by atoms with Crippen LogP contribution < -0.4 is 10.1 Å². The van der Waals surface area contributed by atoms with Crippen molar-refractivity contribution in [3.05, 3.63) is 58.1 Å². The standard InChI is InChI=1S/C20H22Cl2N2O3/c1-3-24(13-18(25)23-20-15(21)8-6-9-16(20)22)19(26)12-11-14-7-4-5-10-17(14)27-2/h4-10H,3,11-13H2,1-2H3,(H,23,25). The van der Waals surface area contributed by atoms with Crippen LogP contribution in [0.2, 0.25) is 10.0 Å². The molecule has 5 nitrogen and oxygen atoms in total. The number of nitrogens with zero attached hydrogens (tertiary/aromatic N) is 1. The molecule has 0 aliphatic carbocycles. The summed E-state index contributed by atoms with van der Waals surface area (Å²) in [6.45, 7) is 2.19. The SMILES string of the molecule is CCN(CC(=O)Nc1c(Cl)cccc1Cl)C(=O)CCc1ccccc1OC. The van der Waals surface area contributed by atoms with Gasteiger partial charge in [0.2, 0.25) is 11.8 Å². The maximum absolute atomic E-state index is 12.5. The molecule has 1 N–H and O–H groups in total. The molecule has 0 fully saturated rings. The topological polar surface area (TPSA) is 58.6 Å². The highest BCUT2D eigenvalue weighted by molar-refractivity contribution is 6.39. The predicted octanol–water partition coefficient (Wildman–Crippen LogP) is 4.42. The average molecular weight is 409 g/mol. The van der Waals surface area contributed by atoms with Gasteiger partial charge in [-0.25, -0.2) is 0 Å². The van der Waals surface area contributed by atoms with Gasteiger partial charge in [0.05, 0.1) is 29.4 Å². The minimum absolute atomic E-state index is 0.0667. The van der Waals surface area contributed by atoms with E-state index in [1.54, 1.807) is 25.3 Å². The maximum Gasteiger partial charge on any atom is 0.244 e. The third-order valence-corrected chi connectivity index (χ3v) is 4.73. The lowest BCUT2D eigenvalue weighted by atomic mass is 10.1. The van der Waals surface area contributed by atoms with Gasteiger partial charge in [0, 0.05) is 13.0 Å². The molecule has 2 rings (SSSR count). The van der Waals surface area contributed by atoms with Gasteiger partial charge in [-0.2, -0.15) is 0 Å². The van der Waals surface area contributed by atoms with Crippen molar-refractivity contribution in [2.45, 2.75) is 19.8 Å². The number of hydrogen-bond acceptors (Lipinski definition) is 3. The molecule has 0 heterocycles. The van der Waals surface area contributed by atoms with Crippen molar-refractivity contribution in [3.8, 4) is 5.75 Å². The molecule has 27 heavy (non-hydrogen) atoms. The van der Waals surface area contributed by atoms with Crippen molar-refractivity contribution in [3.63, 3.8) is 0 Å². The Morgan fingerprint density at radius 2 is 1.74 bits per heavy atom. The van der Waals surface area contributed by atoms with E-state index in [-0.39, 0.29) is 24.8 Å². The Kier molecular flexibility index (Phi) is 7.95. The lowest BCUT2D eigenvalue weighted by Gasteiger charge is -2.21. The minimum Gasteiger partial charge on any atom is -0.496 e. The van der Waals surface area contributed by atoms with Crippen molar-refractivity contribution in [1.29, 1.82) is 0 Å². The van der Waals surface area contributed by atoms with Gasteiger partial charge in [-0.05, 0) is 37.1 Å². The molecule has 144 valence electrons. The molecule has 7 heteroatoms. The van der Waals surface area contributed by atoms with Gasteiger partial charge in [0.1, 0.15) is 5.75 Å². The van der Waals surface area contributed by atoms with Gasteiger partial charge in [-0.15, -0.1) is 0 Å². The Bertz CT molecular complexity index is 791. The number of likely N-dealkylation sites (N-methyl/N-ethyl adjacent to an activating group) is 1. The van der Waals surface area contributed by atoms with E-state index in [4.69, 9.17) is 27.9 Å². The number of halogens is 2. The lowest BCUT2D eigenvalue weighted by Crippen LogP contribution is -2.38. The Balaban J connectivity index is 1.95. The second-order valence-electron chi connectivity index (χ2n) is 5.86. The van der Waals surface area contributed by atoms with Crippen LogP contribution in [0.4, 0.5) is 5.69 Å². The van der Waals surface area contributed by atoms with E-state index < -0.39 is 0 Å². The quantitative estimate of drug-likeness (QED) is 0.702. The van der Waals surface area contributed by atoms with Crippen LogP contribution in [-0.4, -0.2) is 36.9 Å². The zero-order valence-electron chi connectivity index (χ0n) is 15.3. The third kappa shape index (κ3) is 5.88. The first-order valence-corrected chi connectivity index (χ1v) is 9.35. The van der Waals surface area contributed by atoms with Crippen molar-refractivity contribution in [1.82, 2.24) is 4.90 Å². The second-order valence-corrected chi connectivity index (χ2v) is 6.68. The van der Waals surface area contributed by atoms with Crippen molar-refractivity contribution >= 4 is 40.7 Å². The summed E-state index contributed by atoms with van der Waals surface area (Å²) >= 11 is 12.1. The number of nitrogens with one attached hydrogen (secondary N) is 1. The van der Waals surface area contributed by atoms with E-state index >= 15 is 0 Å². The molecular weight excluding hydrogens is 387 g/mol. The Labute approximate surface area is 169 Å². The first-order valence-electron chi connectivity index (χ1n) is 8.59. The van der Waals surface area contributed by atoms with Crippen LogP contribution in [0.1, 0.15) is 18.9 Å². The lowest BCUT2D eigenvalue weighted by molar-refractivity contribution is -0.134. The molecule has 0 saturated heterocycles. The summed E-state index contributed by atoms with van der Waals surface area (Å²) in [5.74, 6) is 0.292. The van der Waals surface area contributed by atoms with Crippen molar-refractivity contribution in [2.24, 2.45) is 0 Å². The first-order chi connectivity index (χ1) is 13.0. The predicted molar refractivity (Wildman–Crippen MR) is 109 cm³/mol. The highest BCUT2D eigenvalue weighted by Gasteiger charge is 2.17. The highest BCUT2D eigenvalue weighted by Crippen LogP contribution is 2.29. The summed E-state index contributed by atoms with van der Waals surface area (Å²) in [5, 5.41) is 3.37. The number of hydrogen-bond donors (Lipinski definition) is 1. The maximum atomic E-state index is 12.5. The third-order valence-electron chi connectivity index (χ3n) is 4.10. The number of benzene rings is 2. The number of rotatable bonds is 8. The molecule has 0 aliphatic rings. The number of aryl methyl sites for hydroxylation is 1. The molecule has 0 aliphatic heterocycles.